The quantitative estimate of drug-likeness (QED) is 0.814. The van der Waals surface area contributed by atoms with E-state index in [1.165, 1.54) is 0 Å². The monoisotopic (exact) mass is 269 g/mol. The third-order valence-electron chi connectivity index (χ3n) is 4.93. The maximum atomic E-state index is 11.0. The van der Waals surface area contributed by atoms with Crippen molar-refractivity contribution >= 4 is 5.97 Å². The number of carboxylic acids is 1. The smallest absolute Gasteiger partial charge is 0.306 e. The lowest BCUT2D eigenvalue weighted by atomic mass is 9.87. The van der Waals surface area contributed by atoms with Crippen molar-refractivity contribution in [3.8, 4) is 0 Å². The molecule has 5 nitrogen and oxygen atoms in total. The molecule has 0 aromatic carbocycles. The minimum atomic E-state index is -0.632. The van der Waals surface area contributed by atoms with Gasteiger partial charge in [-0.3, -0.25) is 4.79 Å². The second kappa shape index (κ2) is 5.38. The van der Waals surface area contributed by atoms with E-state index < -0.39 is 5.97 Å². The first-order chi connectivity index (χ1) is 9.19. The summed E-state index contributed by atoms with van der Waals surface area (Å²) in [5.74, 6) is -0.771. The number of carboxylic acid groups (broad SMARTS) is 1. The molecule has 3 rings (SSSR count). The molecule has 2 unspecified atom stereocenters. The largest absolute Gasteiger partial charge is 0.481 e. The van der Waals surface area contributed by atoms with Crippen molar-refractivity contribution in [1.82, 2.24) is 4.90 Å². The van der Waals surface area contributed by atoms with Crippen LogP contribution in [0.3, 0.4) is 0 Å². The van der Waals surface area contributed by atoms with Crippen LogP contribution in [0.1, 0.15) is 32.1 Å². The van der Waals surface area contributed by atoms with Crippen LogP contribution < -0.4 is 0 Å². The molecule has 19 heavy (non-hydrogen) atoms. The number of likely N-dealkylation sites (tertiary alicyclic amines) is 1. The van der Waals surface area contributed by atoms with Crippen molar-refractivity contribution in [2.24, 2.45) is 5.92 Å². The molecule has 3 heterocycles. The molecule has 108 valence electrons. The molecular formula is C14H23NO4. The van der Waals surface area contributed by atoms with E-state index in [0.29, 0.717) is 6.04 Å². The third-order valence-corrected chi connectivity index (χ3v) is 4.93. The van der Waals surface area contributed by atoms with E-state index in [1.807, 2.05) is 0 Å². The highest BCUT2D eigenvalue weighted by Gasteiger charge is 2.43. The van der Waals surface area contributed by atoms with E-state index >= 15 is 0 Å². The Bertz CT molecular complexity index is 332. The van der Waals surface area contributed by atoms with Gasteiger partial charge in [-0.05, 0) is 38.8 Å². The maximum absolute atomic E-state index is 11.0. The summed E-state index contributed by atoms with van der Waals surface area (Å²) in [6.45, 7) is 4.19. The van der Waals surface area contributed by atoms with E-state index in [0.717, 1.165) is 65.0 Å². The van der Waals surface area contributed by atoms with Gasteiger partial charge in [-0.15, -0.1) is 0 Å². The Labute approximate surface area is 113 Å². The van der Waals surface area contributed by atoms with Gasteiger partial charge in [0.25, 0.3) is 0 Å². The fourth-order valence-electron chi connectivity index (χ4n) is 3.69. The fourth-order valence-corrected chi connectivity index (χ4v) is 3.69. The summed E-state index contributed by atoms with van der Waals surface area (Å²) in [6, 6.07) is 0.546. The van der Waals surface area contributed by atoms with Crippen molar-refractivity contribution in [2.75, 3.05) is 32.9 Å². The lowest BCUT2D eigenvalue weighted by Gasteiger charge is -2.44. The zero-order valence-corrected chi connectivity index (χ0v) is 11.3. The molecule has 0 aliphatic carbocycles. The van der Waals surface area contributed by atoms with Crippen LogP contribution in [0.2, 0.25) is 0 Å². The van der Waals surface area contributed by atoms with Crippen molar-refractivity contribution in [2.45, 2.75) is 43.7 Å². The van der Waals surface area contributed by atoms with Crippen LogP contribution in [0.15, 0.2) is 0 Å². The zero-order valence-electron chi connectivity index (χ0n) is 11.3. The Morgan fingerprint density at radius 3 is 2.63 bits per heavy atom. The Morgan fingerprint density at radius 2 is 2.00 bits per heavy atom. The fraction of sp³-hybridized carbons (Fsp3) is 0.929. The van der Waals surface area contributed by atoms with E-state index in [2.05, 4.69) is 4.90 Å². The van der Waals surface area contributed by atoms with Crippen molar-refractivity contribution in [1.29, 1.82) is 0 Å². The SMILES string of the molecule is O=C(O)C1CCN(C2CCOC3(CCOC3)C2)CC1. The summed E-state index contributed by atoms with van der Waals surface area (Å²) in [5.41, 5.74) is -0.0490. The van der Waals surface area contributed by atoms with Gasteiger partial charge in [-0.25, -0.2) is 0 Å². The van der Waals surface area contributed by atoms with Crippen molar-refractivity contribution < 1.29 is 19.4 Å². The number of carbonyl (C=O) groups is 1. The van der Waals surface area contributed by atoms with Crippen molar-refractivity contribution in [3.63, 3.8) is 0 Å². The summed E-state index contributed by atoms with van der Waals surface area (Å²) < 4.78 is 11.5. The molecule has 2 atom stereocenters. The summed E-state index contributed by atoms with van der Waals surface area (Å²) in [4.78, 5) is 13.5. The van der Waals surface area contributed by atoms with E-state index in [-0.39, 0.29) is 11.5 Å². The molecule has 5 heteroatoms. The van der Waals surface area contributed by atoms with Crippen LogP contribution >= 0.6 is 0 Å². The lowest BCUT2D eigenvalue weighted by Crippen LogP contribution is -2.51. The normalized spacial score (nSPS) is 37.8. The second-order valence-corrected chi connectivity index (χ2v) is 6.13. The van der Waals surface area contributed by atoms with Gasteiger partial charge in [0.1, 0.15) is 0 Å². The number of piperidine rings is 1. The molecule has 0 bridgehead atoms. The minimum absolute atomic E-state index is 0.0490. The first-order valence-electron chi connectivity index (χ1n) is 7.37. The van der Waals surface area contributed by atoms with Gasteiger partial charge in [0.15, 0.2) is 0 Å². The predicted molar refractivity (Wildman–Crippen MR) is 69.1 cm³/mol. The van der Waals surface area contributed by atoms with E-state index in [9.17, 15) is 4.79 Å². The highest BCUT2D eigenvalue weighted by molar-refractivity contribution is 5.70. The Hall–Kier alpha value is -0.650. The number of hydrogen-bond acceptors (Lipinski definition) is 4. The van der Waals surface area contributed by atoms with E-state index in [1.54, 1.807) is 0 Å². The number of rotatable bonds is 2. The molecule has 0 aromatic rings. The molecule has 0 amide bonds. The highest BCUT2D eigenvalue weighted by atomic mass is 16.6. The van der Waals surface area contributed by atoms with Gasteiger partial charge in [-0.1, -0.05) is 0 Å². The predicted octanol–water partition coefficient (Wildman–Crippen LogP) is 1.12. The van der Waals surface area contributed by atoms with Crippen LogP contribution in [-0.2, 0) is 14.3 Å². The first kappa shape index (κ1) is 13.3. The molecule has 1 N–H and O–H groups in total. The summed E-state index contributed by atoms with van der Waals surface area (Å²) in [7, 11) is 0. The summed E-state index contributed by atoms with van der Waals surface area (Å²) in [5, 5.41) is 9.05. The van der Waals surface area contributed by atoms with Crippen molar-refractivity contribution in [3.05, 3.63) is 0 Å². The average molecular weight is 269 g/mol. The Balaban J connectivity index is 1.56. The average Bonchev–Trinajstić information content (AvgIpc) is 2.87. The van der Waals surface area contributed by atoms with Gasteiger partial charge in [-0.2, -0.15) is 0 Å². The van der Waals surface area contributed by atoms with Crippen LogP contribution in [0, 0.1) is 5.92 Å². The number of nitrogens with zero attached hydrogens (tertiary/aromatic N) is 1. The molecular weight excluding hydrogens is 246 g/mol. The Kier molecular flexibility index (Phi) is 3.78. The zero-order chi connectivity index (χ0) is 13.3. The molecule has 1 spiro atoms. The van der Waals surface area contributed by atoms with Gasteiger partial charge in [0.05, 0.1) is 18.1 Å². The molecule has 0 radical (unpaired) electrons. The second-order valence-electron chi connectivity index (χ2n) is 6.13. The minimum Gasteiger partial charge on any atom is -0.481 e. The van der Waals surface area contributed by atoms with Crippen LogP contribution in [-0.4, -0.2) is 60.5 Å². The highest BCUT2D eigenvalue weighted by Crippen LogP contribution is 2.35. The standard InChI is InChI=1S/C14H23NO4/c16-13(17)11-1-5-15(6-2-11)12-3-7-19-14(9-12)4-8-18-10-14/h11-12H,1-10H2,(H,16,17). The lowest BCUT2D eigenvalue weighted by molar-refractivity contribution is -0.144. The van der Waals surface area contributed by atoms with Gasteiger partial charge in [0.2, 0.25) is 0 Å². The molecule has 0 aromatic heterocycles. The molecule has 3 saturated heterocycles. The summed E-state index contributed by atoms with van der Waals surface area (Å²) >= 11 is 0. The Morgan fingerprint density at radius 1 is 1.21 bits per heavy atom. The van der Waals surface area contributed by atoms with Crippen LogP contribution in [0.4, 0.5) is 0 Å². The van der Waals surface area contributed by atoms with Crippen LogP contribution in [0.5, 0.6) is 0 Å². The topological polar surface area (TPSA) is 59.0 Å². The molecule has 0 saturated carbocycles. The molecule has 3 aliphatic heterocycles. The van der Waals surface area contributed by atoms with E-state index in [4.69, 9.17) is 14.6 Å². The third kappa shape index (κ3) is 2.78. The number of hydrogen-bond donors (Lipinski definition) is 1. The van der Waals surface area contributed by atoms with Gasteiger partial charge < -0.3 is 19.5 Å². The molecule has 3 fully saturated rings. The van der Waals surface area contributed by atoms with Gasteiger partial charge in [0, 0.05) is 25.7 Å². The molecule has 3 aliphatic rings. The number of ether oxygens (including phenoxy) is 2. The van der Waals surface area contributed by atoms with Gasteiger partial charge >= 0.3 is 5.97 Å². The van der Waals surface area contributed by atoms with Crippen LogP contribution in [0.25, 0.3) is 0 Å². The number of aliphatic carboxylic acids is 1. The maximum Gasteiger partial charge on any atom is 0.306 e. The first-order valence-corrected chi connectivity index (χ1v) is 7.37. The summed E-state index contributed by atoms with van der Waals surface area (Å²) in [6.07, 6.45) is 4.70.